The minimum absolute atomic E-state index is 0.301. The quantitative estimate of drug-likeness (QED) is 0.431. The highest BCUT2D eigenvalue weighted by Crippen LogP contribution is 2.31. The molecule has 6 heteroatoms. The second kappa shape index (κ2) is 5.68. The topological polar surface area (TPSA) is 76.4 Å². The van der Waals surface area contributed by atoms with Crippen LogP contribution in [-0.4, -0.2) is 19.7 Å². The molecule has 4 N–H and O–H groups in total. The van der Waals surface area contributed by atoms with Crippen LogP contribution >= 0.6 is 0 Å². The van der Waals surface area contributed by atoms with Gasteiger partial charge in [0.15, 0.2) is 0 Å². The first-order valence-corrected chi connectivity index (χ1v) is 5.49. The monoisotopic (exact) mass is 255 g/mol. The highest BCUT2D eigenvalue weighted by molar-refractivity contribution is 5.73. The van der Waals surface area contributed by atoms with Crippen LogP contribution < -0.4 is 21.3 Å². The number of carbonyl (C=O) groups is 1. The van der Waals surface area contributed by atoms with E-state index in [1.165, 1.54) is 19.2 Å². The van der Waals surface area contributed by atoms with Crippen LogP contribution in [0.15, 0.2) is 18.2 Å². The van der Waals surface area contributed by atoms with Crippen LogP contribution in [0.5, 0.6) is 5.75 Å². The molecule has 0 unspecified atom stereocenters. The summed E-state index contributed by atoms with van der Waals surface area (Å²) in [5.41, 5.74) is 2.17. The van der Waals surface area contributed by atoms with Crippen LogP contribution in [0.2, 0.25) is 0 Å². The average Bonchev–Trinajstić information content (AvgIpc) is 2.36. The fourth-order valence-electron chi connectivity index (χ4n) is 1.66. The number of rotatable bonds is 4. The van der Waals surface area contributed by atoms with Gasteiger partial charge in [-0.3, -0.25) is 5.43 Å². The lowest BCUT2D eigenvalue weighted by atomic mass is 9.84. The minimum atomic E-state index is -0.488. The van der Waals surface area contributed by atoms with Gasteiger partial charge in [0.25, 0.3) is 0 Å². The molecule has 0 heterocycles. The molecule has 0 fully saturated rings. The van der Waals surface area contributed by atoms with Gasteiger partial charge in [0.2, 0.25) is 0 Å². The summed E-state index contributed by atoms with van der Waals surface area (Å²) in [6, 6.07) is 3.81. The molecule has 0 aromatic heterocycles. The lowest BCUT2D eigenvalue weighted by Crippen LogP contribution is -2.45. The Morgan fingerprint density at radius 1 is 1.50 bits per heavy atom. The number of amides is 2. The third kappa shape index (κ3) is 3.33. The van der Waals surface area contributed by atoms with Crippen LogP contribution in [0.4, 0.5) is 9.18 Å². The van der Waals surface area contributed by atoms with Gasteiger partial charge >= 0.3 is 6.03 Å². The zero-order chi connectivity index (χ0) is 13.8. The summed E-state index contributed by atoms with van der Waals surface area (Å²) < 4.78 is 18.5. The molecule has 5 nitrogen and oxygen atoms in total. The Hall–Kier alpha value is -1.82. The van der Waals surface area contributed by atoms with Gasteiger partial charge in [0, 0.05) is 17.5 Å². The first-order chi connectivity index (χ1) is 8.40. The Labute approximate surface area is 105 Å². The molecule has 100 valence electrons. The number of halogens is 1. The van der Waals surface area contributed by atoms with Crippen molar-refractivity contribution < 1.29 is 13.9 Å². The molecule has 0 aliphatic rings. The number of methoxy groups -OCH3 is 1. The molecule has 1 aromatic carbocycles. The summed E-state index contributed by atoms with van der Waals surface area (Å²) in [7, 11) is 1.52. The molecule has 18 heavy (non-hydrogen) atoms. The van der Waals surface area contributed by atoms with E-state index in [0.717, 1.165) is 0 Å². The van der Waals surface area contributed by atoms with Crippen LogP contribution in [-0.2, 0) is 5.41 Å². The molecule has 1 aromatic rings. The Kier molecular flexibility index (Phi) is 4.49. The van der Waals surface area contributed by atoms with Crippen molar-refractivity contribution in [2.75, 3.05) is 13.7 Å². The Bertz CT molecular complexity index is 435. The number of carbonyl (C=O) groups excluding carboxylic acids is 1. The summed E-state index contributed by atoms with van der Waals surface area (Å²) in [6.45, 7) is 4.05. The number of urea groups is 1. The number of hydrogen-bond acceptors (Lipinski definition) is 3. The molecular formula is C12H18FN3O2. The largest absolute Gasteiger partial charge is 0.496 e. The van der Waals surface area contributed by atoms with Crippen molar-refractivity contribution in [1.29, 1.82) is 0 Å². The molecule has 0 radical (unpaired) electrons. The molecule has 0 aliphatic heterocycles. The van der Waals surface area contributed by atoms with Crippen LogP contribution in [0.3, 0.4) is 0 Å². The number of hydrogen-bond donors (Lipinski definition) is 3. The molecule has 0 saturated heterocycles. The van der Waals surface area contributed by atoms with Gasteiger partial charge in [-0.1, -0.05) is 13.8 Å². The Balaban J connectivity index is 2.95. The van der Waals surface area contributed by atoms with Gasteiger partial charge in [-0.2, -0.15) is 0 Å². The summed E-state index contributed by atoms with van der Waals surface area (Å²) in [5.74, 6) is 5.21. The molecule has 2 amide bonds. The lowest BCUT2D eigenvalue weighted by Gasteiger charge is -2.27. The van der Waals surface area contributed by atoms with Gasteiger partial charge in [0.1, 0.15) is 11.6 Å². The first-order valence-electron chi connectivity index (χ1n) is 5.49. The normalized spacial score (nSPS) is 10.9. The second-order valence-electron chi connectivity index (χ2n) is 4.56. The maximum absolute atomic E-state index is 13.3. The molecular weight excluding hydrogens is 237 g/mol. The van der Waals surface area contributed by atoms with E-state index in [0.29, 0.717) is 17.9 Å². The fraction of sp³-hybridized carbons (Fsp3) is 0.417. The summed E-state index contributed by atoms with van der Waals surface area (Å²) in [5, 5.41) is 2.59. The fourth-order valence-corrected chi connectivity index (χ4v) is 1.66. The van der Waals surface area contributed by atoms with Crippen LogP contribution in [0.25, 0.3) is 0 Å². The van der Waals surface area contributed by atoms with Crippen molar-refractivity contribution in [3.05, 3.63) is 29.6 Å². The lowest BCUT2D eigenvalue weighted by molar-refractivity contribution is 0.238. The maximum atomic E-state index is 13.3. The number of nitrogens with one attached hydrogen (secondary N) is 2. The van der Waals surface area contributed by atoms with Gasteiger partial charge in [-0.15, -0.1) is 0 Å². The highest BCUT2D eigenvalue weighted by atomic mass is 19.1. The van der Waals surface area contributed by atoms with Crippen molar-refractivity contribution in [2.24, 2.45) is 5.84 Å². The second-order valence-corrected chi connectivity index (χ2v) is 4.56. The van der Waals surface area contributed by atoms with Crippen LogP contribution in [0.1, 0.15) is 19.4 Å². The number of nitrogens with two attached hydrogens (primary N) is 1. The minimum Gasteiger partial charge on any atom is -0.496 e. The zero-order valence-electron chi connectivity index (χ0n) is 10.7. The summed E-state index contributed by atoms with van der Waals surface area (Å²) in [4.78, 5) is 11.1. The first kappa shape index (κ1) is 14.2. The highest BCUT2D eigenvalue weighted by Gasteiger charge is 2.25. The standard InChI is InChI=1S/C12H18FN3O2/c1-12(2,7-15-11(17)16-14)9-6-8(13)4-5-10(9)18-3/h4-6H,7,14H2,1-3H3,(H2,15,16,17). The molecule has 0 bridgehead atoms. The van der Waals surface area contributed by atoms with Gasteiger partial charge in [-0.05, 0) is 18.2 Å². The molecule has 0 saturated carbocycles. The van der Waals surface area contributed by atoms with E-state index < -0.39 is 11.4 Å². The van der Waals surface area contributed by atoms with Crippen molar-refractivity contribution in [1.82, 2.24) is 10.7 Å². The van der Waals surface area contributed by atoms with Gasteiger partial charge in [-0.25, -0.2) is 15.0 Å². The number of benzene rings is 1. The number of hydrazine groups is 1. The van der Waals surface area contributed by atoms with Crippen molar-refractivity contribution in [3.63, 3.8) is 0 Å². The Morgan fingerprint density at radius 3 is 2.72 bits per heavy atom. The van der Waals surface area contributed by atoms with E-state index in [1.54, 1.807) is 6.07 Å². The smallest absolute Gasteiger partial charge is 0.328 e. The summed E-state index contributed by atoms with van der Waals surface area (Å²) in [6.07, 6.45) is 0. The van der Waals surface area contributed by atoms with E-state index in [2.05, 4.69) is 5.32 Å². The molecule has 1 rings (SSSR count). The van der Waals surface area contributed by atoms with E-state index in [4.69, 9.17) is 10.6 Å². The van der Waals surface area contributed by atoms with E-state index in [-0.39, 0.29) is 5.82 Å². The van der Waals surface area contributed by atoms with Crippen molar-refractivity contribution in [3.8, 4) is 5.75 Å². The van der Waals surface area contributed by atoms with Gasteiger partial charge < -0.3 is 10.1 Å². The van der Waals surface area contributed by atoms with Crippen molar-refractivity contribution >= 4 is 6.03 Å². The van der Waals surface area contributed by atoms with E-state index in [9.17, 15) is 9.18 Å². The average molecular weight is 255 g/mol. The third-order valence-corrected chi connectivity index (χ3v) is 2.71. The van der Waals surface area contributed by atoms with E-state index in [1.807, 2.05) is 19.3 Å². The van der Waals surface area contributed by atoms with Gasteiger partial charge in [0.05, 0.1) is 7.11 Å². The zero-order valence-corrected chi connectivity index (χ0v) is 10.7. The van der Waals surface area contributed by atoms with Crippen LogP contribution in [0, 0.1) is 5.82 Å². The SMILES string of the molecule is COc1ccc(F)cc1C(C)(C)CNC(=O)NN. The number of ether oxygens (including phenoxy) is 1. The predicted molar refractivity (Wildman–Crippen MR) is 66.7 cm³/mol. The van der Waals surface area contributed by atoms with E-state index >= 15 is 0 Å². The van der Waals surface area contributed by atoms with Crippen molar-refractivity contribution in [2.45, 2.75) is 19.3 Å². The molecule has 0 aliphatic carbocycles. The maximum Gasteiger partial charge on any atom is 0.328 e. The third-order valence-electron chi connectivity index (χ3n) is 2.71. The molecule has 0 atom stereocenters. The Morgan fingerprint density at radius 2 is 2.17 bits per heavy atom. The predicted octanol–water partition coefficient (Wildman–Crippen LogP) is 1.28. The summed E-state index contributed by atoms with van der Waals surface area (Å²) >= 11 is 0. The molecule has 0 spiro atoms.